The first-order valence-corrected chi connectivity index (χ1v) is 6.19. The summed E-state index contributed by atoms with van der Waals surface area (Å²) in [5, 5.41) is 12.2. The monoisotopic (exact) mass is 292 g/mol. The molecular weight excluding hydrogens is 280 g/mol. The molecule has 1 heterocycles. The van der Waals surface area contributed by atoms with Crippen LogP contribution in [0, 0.1) is 6.92 Å². The molecule has 0 saturated heterocycles. The van der Waals surface area contributed by atoms with E-state index >= 15 is 0 Å². The second kappa shape index (κ2) is 5.79. The smallest absolute Gasteiger partial charge is 0.337 e. The molecule has 2 N–H and O–H groups in total. The Labute approximate surface area is 121 Å². The molecule has 0 unspecified atom stereocenters. The predicted molar refractivity (Wildman–Crippen MR) is 77.2 cm³/mol. The Morgan fingerprint density at radius 3 is 2.80 bits per heavy atom. The van der Waals surface area contributed by atoms with E-state index in [1.165, 1.54) is 12.3 Å². The summed E-state index contributed by atoms with van der Waals surface area (Å²) in [4.78, 5) is 15.1. The highest BCUT2D eigenvalue weighted by atomic mass is 35.5. The third-order valence-corrected chi connectivity index (χ3v) is 3.00. The number of hydrogen-bond acceptors (Lipinski definition) is 4. The van der Waals surface area contributed by atoms with Crippen molar-refractivity contribution >= 4 is 29.1 Å². The average molecular weight is 293 g/mol. The van der Waals surface area contributed by atoms with Gasteiger partial charge < -0.3 is 15.2 Å². The lowest BCUT2D eigenvalue weighted by atomic mass is 10.2. The van der Waals surface area contributed by atoms with Gasteiger partial charge in [0.25, 0.3) is 0 Å². The summed E-state index contributed by atoms with van der Waals surface area (Å²) in [7, 11) is 1.56. The lowest BCUT2D eigenvalue weighted by Crippen LogP contribution is -2.02. The van der Waals surface area contributed by atoms with Gasteiger partial charge in [-0.1, -0.05) is 17.7 Å². The lowest BCUT2D eigenvalue weighted by Gasteiger charge is -2.12. The van der Waals surface area contributed by atoms with Crippen LogP contribution in [0.1, 0.15) is 15.9 Å². The fourth-order valence-electron chi connectivity index (χ4n) is 1.73. The van der Waals surface area contributed by atoms with E-state index in [-0.39, 0.29) is 10.6 Å². The third kappa shape index (κ3) is 3.00. The number of carboxylic acid groups (broad SMARTS) is 1. The van der Waals surface area contributed by atoms with Crippen LogP contribution < -0.4 is 10.1 Å². The van der Waals surface area contributed by atoms with Crippen molar-refractivity contribution in [2.45, 2.75) is 6.92 Å². The Morgan fingerprint density at radius 1 is 1.40 bits per heavy atom. The number of rotatable bonds is 4. The molecule has 104 valence electrons. The number of aromatic carboxylic acids is 1. The quantitative estimate of drug-likeness (QED) is 0.902. The van der Waals surface area contributed by atoms with E-state index in [1.807, 2.05) is 25.1 Å². The third-order valence-electron chi connectivity index (χ3n) is 2.70. The minimum atomic E-state index is -1.10. The Bertz CT molecular complexity index is 659. The summed E-state index contributed by atoms with van der Waals surface area (Å²) >= 11 is 5.78. The molecule has 0 aliphatic rings. The van der Waals surface area contributed by atoms with Gasteiger partial charge in [0.05, 0.1) is 23.4 Å². The molecule has 0 atom stereocenters. The van der Waals surface area contributed by atoms with Gasteiger partial charge in [0.1, 0.15) is 11.6 Å². The molecule has 6 heteroatoms. The van der Waals surface area contributed by atoms with Gasteiger partial charge in [-0.25, -0.2) is 9.78 Å². The number of carboxylic acids is 1. The first-order chi connectivity index (χ1) is 9.51. The van der Waals surface area contributed by atoms with Crippen LogP contribution in [0.15, 0.2) is 30.5 Å². The average Bonchev–Trinajstić information content (AvgIpc) is 2.41. The summed E-state index contributed by atoms with van der Waals surface area (Å²) in [6, 6.07) is 7.01. The lowest BCUT2D eigenvalue weighted by molar-refractivity contribution is 0.0697. The van der Waals surface area contributed by atoms with Gasteiger partial charge in [-0.15, -0.1) is 0 Å². The zero-order valence-corrected chi connectivity index (χ0v) is 11.7. The Balaban J connectivity index is 2.37. The maximum atomic E-state index is 11.0. The van der Waals surface area contributed by atoms with Crippen LogP contribution in [0.3, 0.4) is 0 Å². The van der Waals surface area contributed by atoms with Crippen LogP contribution in [-0.4, -0.2) is 23.2 Å². The first kappa shape index (κ1) is 14.1. The number of aromatic nitrogens is 1. The van der Waals surface area contributed by atoms with Crippen LogP contribution in [0.25, 0.3) is 0 Å². The molecule has 0 spiro atoms. The maximum Gasteiger partial charge on any atom is 0.337 e. The summed E-state index contributed by atoms with van der Waals surface area (Å²) in [5.74, 6) is -0.0726. The molecule has 0 fully saturated rings. The van der Waals surface area contributed by atoms with Crippen LogP contribution in [0.4, 0.5) is 11.5 Å². The summed E-state index contributed by atoms with van der Waals surface area (Å²) in [6.07, 6.45) is 1.30. The fraction of sp³-hybridized carbons (Fsp3) is 0.143. The molecule has 0 radical (unpaired) electrons. The minimum absolute atomic E-state index is 0.00390. The Kier molecular flexibility index (Phi) is 4.10. The zero-order chi connectivity index (χ0) is 14.7. The number of nitrogens with zero attached hydrogens (tertiary/aromatic N) is 1. The SMILES string of the molecule is COc1ccc(C)cc1Nc1cc(C(=O)O)c(Cl)cn1. The molecule has 0 bridgehead atoms. The van der Waals surface area contributed by atoms with Crippen LogP contribution in [-0.2, 0) is 0 Å². The molecule has 0 amide bonds. The molecule has 1 aromatic heterocycles. The number of methoxy groups -OCH3 is 1. The number of anilines is 2. The van der Waals surface area contributed by atoms with Crippen molar-refractivity contribution in [2.24, 2.45) is 0 Å². The van der Waals surface area contributed by atoms with E-state index in [2.05, 4.69) is 10.3 Å². The van der Waals surface area contributed by atoms with Crippen molar-refractivity contribution in [3.63, 3.8) is 0 Å². The van der Waals surface area contributed by atoms with E-state index in [1.54, 1.807) is 7.11 Å². The fourth-order valence-corrected chi connectivity index (χ4v) is 1.91. The van der Waals surface area contributed by atoms with Crippen LogP contribution in [0.2, 0.25) is 5.02 Å². The normalized spacial score (nSPS) is 10.2. The van der Waals surface area contributed by atoms with Crippen molar-refractivity contribution in [2.75, 3.05) is 12.4 Å². The van der Waals surface area contributed by atoms with Crippen molar-refractivity contribution < 1.29 is 14.6 Å². The van der Waals surface area contributed by atoms with Gasteiger partial charge in [-0.2, -0.15) is 0 Å². The zero-order valence-electron chi connectivity index (χ0n) is 11.0. The molecule has 1 aromatic carbocycles. The highest BCUT2D eigenvalue weighted by Crippen LogP contribution is 2.29. The molecule has 0 aliphatic heterocycles. The van der Waals surface area contributed by atoms with E-state index < -0.39 is 5.97 Å². The maximum absolute atomic E-state index is 11.0. The molecule has 0 aliphatic carbocycles. The van der Waals surface area contributed by atoms with E-state index in [9.17, 15) is 4.79 Å². The van der Waals surface area contributed by atoms with Gasteiger partial charge in [0.15, 0.2) is 0 Å². The molecule has 2 aromatic rings. The minimum Gasteiger partial charge on any atom is -0.495 e. The number of aryl methyl sites for hydroxylation is 1. The number of ether oxygens (including phenoxy) is 1. The van der Waals surface area contributed by atoms with Crippen LogP contribution in [0.5, 0.6) is 5.75 Å². The summed E-state index contributed by atoms with van der Waals surface area (Å²) in [5.41, 5.74) is 1.75. The van der Waals surface area contributed by atoms with Gasteiger partial charge in [0, 0.05) is 6.20 Å². The number of nitrogens with one attached hydrogen (secondary N) is 1. The van der Waals surface area contributed by atoms with Crippen molar-refractivity contribution in [1.82, 2.24) is 4.98 Å². The van der Waals surface area contributed by atoms with E-state index in [4.69, 9.17) is 21.4 Å². The van der Waals surface area contributed by atoms with E-state index in [0.29, 0.717) is 17.3 Å². The van der Waals surface area contributed by atoms with Crippen LogP contribution >= 0.6 is 11.6 Å². The Hall–Kier alpha value is -2.27. The highest BCUT2D eigenvalue weighted by molar-refractivity contribution is 6.33. The van der Waals surface area contributed by atoms with Gasteiger partial charge in [0.2, 0.25) is 0 Å². The number of benzene rings is 1. The number of halogens is 1. The van der Waals surface area contributed by atoms with E-state index in [0.717, 1.165) is 5.56 Å². The second-order valence-electron chi connectivity index (χ2n) is 4.18. The summed E-state index contributed by atoms with van der Waals surface area (Å²) < 4.78 is 5.24. The molecule has 0 saturated carbocycles. The topological polar surface area (TPSA) is 71.5 Å². The largest absolute Gasteiger partial charge is 0.495 e. The number of carbonyl (C=O) groups is 1. The first-order valence-electron chi connectivity index (χ1n) is 5.81. The van der Waals surface area contributed by atoms with Gasteiger partial charge in [-0.3, -0.25) is 0 Å². The second-order valence-corrected chi connectivity index (χ2v) is 4.59. The van der Waals surface area contributed by atoms with Crippen molar-refractivity contribution in [3.05, 3.63) is 46.6 Å². The van der Waals surface area contributed by atoms with Crippen molar-refractivity contribution in [3.8, 4) is 5.75 Å². The van der Waals surface area contributed by atoms with Crippen molar-refractivity contribution in [1.29, 1.82) is 0 Å². The van der Waals surface area contributed by atoms with Gasteiger partial charge in [-0.05, 0) is 30.7 Å². The molecular formula is C14H13ClN2O3. The number of pyridine rings is 1. The Morgan fingerprint density at radius 2 is 2.15 bits per heavy atom. The number of hydrogen-bond donors (Lipinski definition) is 2. The highest BCUT2D eigenvalue weighted by Gasteiger charge is 2.11. The molecule has 5 nitrogen and oxygen atoms in total. The van der Waals surface area contributed by atoms with Gasteiger partial charge >= 0.3 is 5.97 Å². The standard InChI is InChI=1S/C14H13ClN2O3/c1-8-3-4-12(20-2)11(5-8)17-13-6-9(14(18)19)10(15)7-16-13/h3-7H,1-2H3,(H,16,17)(H,18,19). The summed E-state index contributed by atoms with van der Waals surface area (Å²) in [6.45, 7) is 1.95. The molecule has 2 rings (SSSR count). The molecule has 20 heavy (non-hydrogen) atoms. The predicted octanol–water partition coefficient (Wildman–Crippen LogP) is 3.49.